The Hall–Kier alpha value is -2.01. The second-order valence-electron chi connectivity index (χ2n) is 6.68. The molecule has 1 fully saturated rings. The number of carbonyl (C=O) groups is 1. The van der Waals surface area contributed by atoms with Gasteiger partial charge in [-0.25, -0.2) is 0 Å². The topological polar surface area (TPSA) is 77.3 Å². The van der Waals surface area contributed by atoms with Crippen LogP contribution in [0.1, 0.15) is 38.7 Å². The average molecular weight is 330 g/mol. The number of H-pyrrole nitrogens is 1. The number of aromatic amines is 1. The summed E-state index contributed by atoms with van der Waals surface area (Å²) in [5.74, 6) is 1.24. The van der Waals surface area contributed by atoms with Crippen molar-refractivity contribution in [3.05, 3.63) is 30.0 Å². The molecule has 1 aliphatic rings. The fourth-order valence-electron chi connectivity index (χ4n) is 2.85. The van der Waals surface area contributed by atoms with Gasteiger partial charge in [0.1, 0.15) is 11.3 Å². The number of hydrogen-bond acceptors (Lipinski definition) is 4. The Morgan fingerprint density at radius 2 is 2.17 bits per heavy atom. The van der Waals surface area contributed by atoms with Gasteiger partial charge in [0.05, 0.1) is 13.2 Å². The van der Waals surface area contributed by atoms with E-state index in [-0.39, 0.29) is 5.97 Å². The molecule has 1 aromatic heterocycles. The second kappa shape index (κ2) is 6.85. The monoisotopic (exact) mass is 330 g/mol. The van der Waals surface area contributed by atoms with Crippen LogP contribution in [-0.2, 0) is 16.0 Å². The third kappa shape index (κ3) is 3.56. The lowest BCUT2D eigenvalue weighted by Gasteiger charge is -2.25. The minimum Gasteiger partial charge on any atom is -0.493 e. The predicted molar refractivity (Wildman–Crippen MR) is 94.1 cm³/mol. The van der Waals surface area contributed by atoms with Crippen molar-refractivity contribution in [1.82, 2.24) is 4.98 Å². The minimum atomic E-state index is -1.00. The highest BCUT2D eigenvalue weighted by Gasteiger charge is 2.34. The smallest absolute Gasteiger partial charge is 0.326 e. The van der Waals surface area contributed by atoms with Crippen LogP contribution < -0.4 is 10.5 Å². The largest absolute Gasteiger partial charge is 0.493 e. The van der Waals surface area contributed by atoms with Crippen molar-refractivity contribution in [2.75, 3.05) is 13.2 Å². The van der Waals surface area contributed by atoms with Crippen LogP contribution in [0.25, 0.3) is 10.9 Å². The maximum atomic E-state index is 12.2. The zero-order valence-electron chi connectivity index (χ0n) is 14.4. The normalized spacial score (nSPS) is 16.8. The maximum Gasteiger partial charge on any atom is 0.326 e. The predicted octanol–water partition coefficient (Wildman–Crippen LogP) is 3.17. The van der Waals surface area contributed by atoms with Crippen LogP contribution in [0.3, 0.4) is 0 Å². The van der Waals surface area contributed by atoms with E-state index in [4.69, 9.17) is 15.2 Å². The number of nitrogens with one attached hydrogen (secondary N) is 1. The number of ether oxygens (including phenoxy) is 2. The van der Waals surface area contributed by atoms with Crippen LogP contribution in [0.15, 0.2) is 24.4 Å². The summed E-state index contributed by atoms with van der Waals surface area (Å²) in [6, 6.07) is 6.02. The average Bonchev–Trinajstić information content (AvgIpc) is 3.34. The Balaban J connectivity index is 1.82. The third-order valence-electron chi connectivity index (χ3n) is 4.74. The first-order valence-electron chi connectivity index (χ1n) is 8.74. The Morgan fingerprint density at radius 3 is 2.83 bits per heavy atom. The highest BCUT2D eigenvalue weighted by Crippen LogP contribution is 2.31. The van der Waals surface area contributed by atoms with E-state index in [9.17, 15) is 4.79 Å². The van der Waals surface area contributed by atoms with E-state index in [1.807, 2.05) is 31.3 Å². The number of esters is 1. The number of rotatable bonds is 8. The standard InChI is InChI=1S/C19H26N2O3/c1-3-19(20,18(22)23-4-2)10-14-11-21-17-8-7-15(9-16(14)17)24-12-13-5-6-13/h7-9,11,13,21H,3-6,10,12,20H2,1-2H3. The Morgan fingerprint density at radius 1 is 1.38 bits per heavy atom. The van der Waals surface area contributed by atoms with Gasteiger partial charge in [-0.05, 0) is 55.9 Å². The van der Waals surface area contributed by atoms with Crippen LogP contribution in [0.2, 0.25) is 0 Å². The fraction of sp³-hybridized carbons (Fsp3) is 0.526. The minimum absolute atomic E-state index is 0.338. The number of hydrogen-bond donors (Lipinski definition) is 2. The molecule has 1 atom stereocenters. The van der Waals surface area contributed by atoms with Crippen molar-refractivity contribution < 1.29 is 14.3 Å². The molecule has 5 heteroatoms. The van der Waals surface area contributed by atoms with Gasteiger partial charge in [0, 0.05) is 23.5 Å². The van der Waals surface area contributed by atoms with Gasteiger partial charge in [-0.3, -0.25) is 4.79 Å². The Labute approximate surface area is 142 Å². The summed E-state index contributed by atoms with van der Waals surface area (Å²) in [4.78, 5) is 15.5. The lowest BCUT2D eigenvalue weighted by Crippen LogP contribution is -2.50. The molecule has 1 heterocycles. The number of fused-ring (bicyclic) bond motifs is 1. The van der Waals surface area contributed by atoms with Crippen molar-refractivity contribution in [3.63, 3.8) is 0 Å². The molecule has 0 spiro atoms. The van der Waals surface area contributed by atoms with Crippen molar-refractivity contribution in [3.8, 4) is 5.75 Å². The summed E-state index contributed by atoms with van der Waals surface area (Å²) < 4.78 is 11.0. The first kappa shape index (κ1) is 16.8. The summed E-state index contributed by atoms with van der Waals surface area (Å²) in [6.07, 6.45) is 5.42. The molecule has 3 N–H and O–H groups in total. The molecular formula is C19H26N2O3. The van der Waals surface area contributed by atoms with Gasteiger partial charge in [0.15, 0.2) is 0 Å². The lowest BCUT2D eigenvalue weighted by atomic mass is 9.89. The zero-order valence-corrected chi connectivity index (χ0v) is 14.4. The molecule has 3 rings (SSSR count). The van der Waals surface area contributed by atoms with Crippen molar-refractivity contribution in [2.45, 2.75) is 45.1 Å². The van der Waals surface area contributed by atoms with E-state index >= 15 is 0 Å². The van der Waals surface area contributed by atoms with Crippen LogP contribution in [-0.4, -0.2) is 29.7 Å². The molecule has 1 aromatic carbocycles. The maximum absolute atomic E-state index is 12.2. The van der Waals surface area contributed by atoms with Crippen LogP contribution in [0, 0.1) is 5.92 Å². The van der Waals surface area contributed by atoms with E-state index in [1.54, 1.807) is 6.92 Å². The van der Waals surface area contributed by atoms with Crippen LogP contribution in [0.5, 0.6) is 5.75 Å². The number of benzene rings is 1. The summed E-state index contributed by atoms with van der Waals surface area (Å²) in [5.41, 5.74) is 7.36. The van der Waals surface area contributed by atoms with Gasteiger partial charge in [-0.1, -0.05) is 6.92 Å². The van der Waals surface area contributed by atoms with Gasteiger partial charge in [-0.2, -0.15) is 0 Å². The van der Waals surface area contributed by atoms with Crippen molar-refractivity contribution >= 4 is 16.9 Å². The molecule has 1 unspecified atom stereocenters. The molecule has 0 amide bonds. The molecule has 0 radical (unpaired) electrons. The molecule has 24 heavy (non-hydrogen) atoms. The summed E-state index contributed by atoms with van der Waals surface area (Å²) in [6.45, 7) is 4.83. The van der Waals surface area contributed by atoms with Crippen molar-refractivity contribution in [1.29, 1.82) is 0 Å². The van der Waals surface area contributed by atoms with Gasteiger partial charge < -0.3 is 20.2 Å². The van der Waals surface area contributed by atoms with Gasteiger partial charge in [0.2, 0.25) is 0 Å². The second-order valence-corrected chi connectivity index (χ2v) is 6.68. The number of nitrogens with two attached hydrogens (primary N) is 1. The third-order valence-corrected chi connectivity index (χ3v) is 4.74. The molecule has 2 aromatic rings. The molecular weight excluding hydrogens is 304 g/mol. The summed E-state index contributed by atoms with van der Waals surface area (Å²) in [5, 5.41) is 1.05. The highest BCUT2D eigenvalue weighted by molar-refractivity contribution is 5.87. The summed E-state index contributed by atoms with van der Waals surface area (Å²) in [7, 11) is 0. The van der Waals surface area contributed by atoms with Gasteiger partial charge in [0.25, 0.3) is 0 Å². The van der Waals surface area contributed by atoms with Crippen molar-refractivity contribution in [2.24, 2.45) is 11.7 Å². The Bertz CT molecular complexity index is 720. The zero-order chi connectivity index (χ0) is 17.2. The molecule has 1 aliphatic carbocycles. The lowest BCUT2D eigenvalue weighted by molar-refractivity contribution is -0.149. The van der Waals surface area contributed by atoms with E-state index in [0.717, 1.165) is 28.8 Å². The van der Waals surface area contributed by atoms with Crippen LogP contribution in [0.4, 0.5) is 0 Å². The fourth-order valence-corrected chi connectivity index (χ4v) is 2.85. The van der Waals surface area contributed by atoms with E-state index in [2.05, 4.69) is 4.98 Å². The van der Waals surface area contributed by atoms with E-state index < -0.39 is 5.54 Å². The molecule has 0 saturated heterocycles. The molecule has 130 valence electrons. The first-order chi connectivity index (χ1) is 11.6. The highest BCUT2D eigenvalue weighted by atomic mass is 16.5. The van der Waals surface area contributed by atoms with Gasteiger partial charge >= 0.3 is 5.97 Å². The Kier molecular flexibility index (Phi) is 4.81. The van der Waals surface area contributed by atoms with Crippen LogP contribution >= 0.6 is 0 Å². The number of aromatic nitrogens is 1. The molecule has 0 aliphatic heterocycles. The first-order valence-corrected chi connectivity index (χ1v) is 8.74. The summed E-state index contributed by atoms with van der Waals surface area (Å²) >= 11 is 0. The van der Waals surface area contributed by atoms with Gasteiger partial charge in [-0.15, -0.1) is 0 Å². The number of carbonyl (C=O) groups excluding carboxylic acids is 1. The SMILES string of the molecule is CCOC(=O)C(N)(CC)Cc1c[nH]c2ccc(OCC3CC3)cc12. The molecule has 0 bridgehead atoms. The van der Waals surface area contributed by atoms with E-state index in [1.165, 1.54) is 12.8 Å². The van der Waals surface area contributed by atoms with E-state index in [0.29, 0.717) is 25.4 Å². The quantitative estimate of drug-likeness (QED) is 0.729. The molecule has 5 nitrogen and oxygen atoms in total. The molecule has 1 saturated carbocycles.